The molecule has 0 aromatic heterocycles. The van der Waals surface area contributed by atoms with Gasteiger partial charge in [-0.25, -0.2) is 0 Å². The third-order valence-electron chi connectivity index (χ3n) is 5.75. The van der Waals surface area contributed by atoms with Crippen molar-refractivity contribution < 1.29 is 30.3 Å². The van der Waals surface area contributed by atoms with E-state index in [-0.39, 0.29) is 31.1 Å². The maximum Gasteiger partial charge on any atom is 0.132 e. The second-order valence-electron chi connectivity index (χ2n) is 7.42. The van der Waals surface area contributed by atoms with E-state index in [0.29, 0.717) is 32.1 Å². The summed E-state index contributed by atoms with van der Waals surface area (Å²) in [5.41, 5.74) is 0. The van der Waals surface area contributed by atoms with E-state index in [1.54, 1.807) is 0 Å². The Morgan fingerprint density at radius 2 is 1.68 bits per heavy atom. The summed E-state index contributed by atoms with van der Waals surface area (Å²) in [5.74, 6) is 0.204. The molecule has 2 aliphatic heterocycles. The summed E-state index contributed by atoms with van der Waals surface area (Å²) in [5, 5.41) is 48.9. The van der Waals surface area contributed by atoms with Gasteiger partial charge in [-0.3, -0.25) is 9.69 Å². The van der Waals surface area contributed by atoms with Crippen molar-refractivity contribution in [3.05, 3.63) is 0 Å². The molecule has 0 bridgehead atoms. The maximum atomic E-state index is 11.7. The number of fused-ring (bicyclic) bond motifs is 1. The van der Waals surface area contributed by atoms with Crippen LogP contribution in [0, 0.1) is 0 Å². The number of nitrogens with zero attached hydrogens (tertiary/aromatic N) is 1. The predicted octanol–water partition coefficient (Wildman–Crippen LogP) is -0.431. The summed E-state index contributed by atoms with van der Waals surface area (Å²) in [6.45, 7) is -0.114. The average Bonchev–Trinajstić information content (AvgIpc) is 3.12. The van der Waals surface area contributed by atoms with Crippen molar-refractivity contribution in [1.82, 2.24) is 4.90 Å². The molecule has 2 heterocycles. The zero-order chi connectivity index (χ0) is 18.4. The molecule has 0 radical (unpaired) electrons. The first kappa shape index (κ1) is 20.7. The first-order valence-electron chi connectivity index (χ1n) is 9.56. The Kier molecular flexibility index (Phi) is 8.25. The predicted molar refractivity (Wildman–Crippen MR) is 92.0 cm³/mol. The number of hydrogen-bond acceptors (Lipinski definition) is 7. The van der Waals surface area contributed by atoms with Gasteiger partial charge in [-0.2, -0.15) is 0 Å². The van der Waals surface area contributed by atoms with E-state index in [1.165, 1.54) is 0 Å². The molecule has 25 heavy (non-hydrogen) atoms. The molecule has 0 amide bonds. The number of Topliss-reactive ketones (excluding diaryl/α,β-unsaturated/α-hetero) is 1. The second-order valence-corrected chi connectivity index (χ2v) is 7.42. The van der Waals surface area contributed by atoms with E-state index in [9.17, 15) is 25.2 Å². The summed E-state index contributed by atoms with van der Waals surface area (Å²) >= 11 is 0. The number of carbonyl (C=O) groups is 1. The Bertz CT molecular complexity index is 418. The van der Waals surface area contributed by atoms with Crippen LogP contribution in [-0.4, -0.2) is 85.9 Å². The van der Waals surface area contributed by atoms with Gasteiger partial charge in [0.15, 0.2) is 0 Å². The van der Waals surface area contributed by atoms with Crippen LogP contribution in [0.2, 0.25) is 0 Å². The Labute approximate surface area is 149 Å². The first-order chi connectivity index (χ1) is 12.0. The molecule has 2 rings (SSSR count). The van der Waals surface area contributed by atoms with E-state index < -0.39 is 24.4 Å². The minimum atomic E-state index is -0.971. The van der Waals surface area contributed by atoms with Gasteiger partial charge in [0.05, 0.1) is 31.0 Å². The van der Waals surface area contributed by atoms with Gasteiger partial charge in [-0.1, -0.05) is 6.42 Å². The molecule has 2 aliphatic rings. The van der Waals surface area contributed by atoms with Crippen LogP contribution in [0.5, 0.6) is 0 Å². The van der Waals surface area contributed by atoms with Crippen LogP contribution in [-0.2, 0) is 4.79 Å². The van der Waals surface area contributed by atoms with Crippen LogP contribution in [0.15, 0.2) is 0 Å². The van der Waals surface area contributed by atoms with Gasteiger partial charge in [0, 0.05) is 31.5 Å². The molecule has 7 nitrogen and oxygen atoms in total. The van der Waals surface area contributed by atoms with E-state index in [1.807, 2.05) is 4.90 Å². The van der Waals surface area contributed by atoms with Crippen LogP contribution in [0.3, 0.4) is 0 Å². The molecule has 0 aromatic rings. The number of carbonyl (C=O) groups excluding carboxylic acids is 1. The minimum Gasteiger partial charge on any atom is -0.396 e. The average molecular weight is 359 g/mol. The highest BCUT2D eigenvalue weighted by molar-refractivity contribution is 5.78. The van der Waals surface area contributed by atoms with Crippen LogP contribution in [0.1, 0.15) is 57.8 Å². The molecular formula is C18H33NO6. The van der Waals surface area contributed by atoms with Gasteiger partial charge in [-0.05, 0) is 38.5 Å². The SMILES string of the molecule is O=C(CCCCO)CCCC[C@@H](O)[C@@H]1CCC2[C@@H](O)[C@H](O)[C@@H](CO)N21. The Morgan fingerprint density at radius 1 is 1.00 bits per heavy atom. The summed E-state index contributed by atoms with van der Waals surface area (Å²) in [7, 11) is 0. The van der Waals surface area contributed by atoms with Gasteiger partial charge >= 0.3 is 0 Å². The molecule has 146 valence electrons. The zero-order valence-corrected chi connectivity index (χ0v) is 14.8. The van der Waals surface area contributed by atoms with Gasteiger partial charge in [-0.15, -0.1) is 0 Å². The summed E-state index contributed by atoms with van der Waals surface area (Å²) < 4.78 is 0. The molecule has 0 aliphatic carbocycles. The lowest BCUT2D eigenvalue weighted by Gasteiger charge is -2.33. The standard InChI is InChI=1S/C18H33NO6/c20-10-4-3-6-12(22)5-1-2-7-16(23)13-8-9-14-17(24)18(25)15(11-21)19(13)14/h13-18,20-21,23-25H,1-11H2/t13-,14?,15+,16+,17+,18+/m0/s1. The van der Waals surface area contributed by atoms with E-state index >= 15 is 0 Å². The van der Waals surface area contributed by atoms with Crippen molar-refractivity contribution in [1.29, 1.82) is 0 Å². The molecular weight excluding hydrogens is 326 g/mol. The van der Waals surface area contributed by atoms with Crippen molar-refractivity contribution >= 4 is 5.78 Å². The summed E-state index contributed by atoms with van der Waals surface area (Å²) in [6, 6.07) is -0.871. The molecule has 2 saturated heterocycles. The van der Waals surface area contributed by atoms with Crippen LogP contribution >= 0.6 is 0 Å². The third-order valence-corrected chi connectivity index (χ3v) is 5.75. The highest BCUT2D eigenvalue weighted by Crippen LogP contribution is 2.39. The smallest absolute Gasteiger partial charge is 0.132 e. The molecule has 0 saturated carbocycles. The van der Waals surface area contributed by atoms with Gasteiger partial charge in [0.1, 0.15) is 5.78 Å². The summed E-state index contributed by atoms with van der Waals surface area (Å²) in [4.78, 5) is 13.6. The van der Waals surface area contributed by atoms with Crippen molar-refractivity contribution in [2.24, 2.45) is 0 Å². The van der Waals surface area contributed by atoms with Crippen molar-refractivity contribution in [3.63, 3.8) is 0 Å². The van der Waals surface area contributed by atoms with Crippen molar-refractivity contribution in [2.75, 3.05) is 13.2 Å². The fourth-order valence-electron chi connectivity index (χ4n) is 4.38. The lowest BCUT2D eigenvalue weighted by atomic mass is 9.98. The van der Waals surface area contributed by atoms with Gasteiger partial charge in [0.25, 0.3) is 0 Å². The molecule has 2 fully saturated rings. The number of ketones is 1. The lowest BCUT2D eigenvalue weighted by molar-refractivity contribution is -0.119. The summed E-state index contributed by atoms with van der Waals surface area (Å²) in [6.07, 6.45) is 3.48. The van der Waals surface area contributed by atoms with E-state index in [2.05, 4.69) is 0 Å². The highest BCUT2D eigenvalue weighted by Gasteiger charge is 2.54. The Balaban J connectivity index is 1.72. The fourth-order valence-corrected chi connectivity index (χ4v) is 4.38. The van der Waals surface area contributed by atoms with Crippen molar-refractivity contribution in [3.8, 4) is 0 Å². The monoisotopic (exact) mass is 359 g/mol. The third kappa shape index (κ3) is 4.99. The van der Waals surface area contributed by atoms with Gasteiger partial charge in [0.2, 0.25) is 0 Å². The quantitative estimate of drug-likeness (QED) is 0.317. The number of rotatable bonds is 11. The molecule has 0 aromatic carbocycles. The zero-order valence-electron chi connectivity index (χ0n) is 14.8. The highest BCUT2D eigenvalue weighted by atomic mass is 16.3. The van der Waals surface area contributed by atoms with E-state index in [4.69, 9.17) is 5.11 Å². The van der Waals surface area contributed by atoms with Crippen LogP contribution in [0.25, 0.3) is 0 Å². The molecule has 7 heteroatoms. The second kappa shape index (κ2) is 9.94. The fraction of sp³-hybridized carbons (Fsp3) is 0.944. The number of aliphatic hydroxyl groups excluding tert-OH is 5. The molecule has 0 spiro atoms. The first-order valence-corrected chi connectivity index (χ1v) is 9.56. The van der Waals surface area contributed by atoms with Gasteiger partial charge < -0.3 is 25.5 Å². The number of hydrogen-bond donors (Lipinski definition) is 5. The normalized spacial score (nSPS) is 33.6. The largest absolute Gasteiger partial charge is 0.396 e. The Hall–Kier alpha value is -0.570. The Morgan fingerprint density at radius 3 is 2.32 bits per heavy atom. The topological polar surface area (TPSA) is 121 Å². The maximum absolute atomic E-state index is 11.7. The van der Waals surface area contributed by atoms with Crippen LogP contribution in [0.4, 0.5) is 0 Å². The van der Waals surface area contributed by atoms with Crippen molar-refractivity contribution in [2.45, 2.75) is 94.2 Å². The molecule has 1 unspecified atom stereocenters. The minimum absolute atomic E-state index is 0.122. The number of aliphatic hydroxyl groups is 5. The number of unbranched alkanes of at least 4 members (excludes halogenated alkanes) is 2. The lowest BCUT2D eigenvalue weighted by Crippen LogP contribution is -2.48. The molecule has 5 N–H and O–H groups in total. The van der Waals surface area contributed by atoms with E-state index in [0.717, 1.165) is 25.7 Å². The van der Waals surface area contributed by atoms with Crippen LogP contribution < -0.4 is 0 Å². The molecule has 6 atom stereocenters.